The topological polar surface area (TPSA) is 46.3 Å². The first-order valence-corrected chi connectivity index (χ1v) is 5.17. The Morgan fingerprint density at radius 3 is 2.62 bits per heavy atom. The van der Waals surface area contributed by atoms with Gasteiger partial charge in [-0.15, -0.1) is 0 Å². The van der Waals surface area contributed by atoms with Gasteiger partial charge in [-0.25, -0.2) is 4.39 Å². The summed E-state index contributed by atoms with van der Waals surface area (Å²) in [5.74, 6) is -1.22. The van der Waals surface area contributed by atoms with Gasteiger partial charge in [0.15, 0.2) is 0 Å². The van der Waals surface area contributed by atoms with E-state index in [0.29, 0.717) is 12.0 Å². The number of carbonyl (C=O) groups is 1. The monoisotopic (exact) mass is 224 g/mol. The van der Waals surface area contributed by atoms with Crippen molar-refractivity contribution in [2.45, 2.75) is 19.4 Å². The van der Waals surface area contributed by atoms with Gasteiger partial charge in [0, 0.05) is 6.04 Å². The molecule has 16 heavy (non-hydrogen) atoms. The predicted molar refractivity (Wildman–Crippen MR) is 61.8 cm³/mol. The molecule has 88 valence electrons. The molecule has 0 fully saturated rings. The van der Waals surface area contributed by atoms with Crippen LogP contribution in [0.3, 0.4) is 0 Å². The van der Waals surface area contributed by atoms with Crippen molar-refractivity contribution in [2.75, 3.05) is 14.1 Å². The van der Waals surface area contributed by atoms with E-state index in [0.717, 1.165) is 0 Å². The molecule has 0 radical (unpaired) electrons. The molecule has 4 heteroatoms. The Labute approximate surface area is 95.0 Å². The number of benzene rings is 1. The Bertz CT molecular complexity index is 391. The first-order valence-electron chi connectivity index (χ1n) is 5.17. The van der Waals surface area contributed by atoms with Crippen LogP contribution in [0.25, 0.3) is 0 Å². The number of amides is 1. The van der Waals surface area contributed by atoms with Crippen LogP contribution >= 0.6 is 0 Å². The summed E-state index contributed by atoms with van der Waals surface area (Å²) in [5, 5.41) is 0. The molecule has 2 N–H and O–H groups in total. The molecule has 0 saturated carbocycles. The normalized spacial score (nSPS) is 12.8. The van der Waals surface area contributed by atoms with Crippen molar-refractivity contribution in [2.24, 2.45) is 5.73 Å². The Balaban J connectivity index is 2.98. The van der Waals surface area contributed by atoms with E-state index >= 15 is 0 Å². The highest BCUT2D eigenvalue weighted by Gasteiger charge is 2.14. The van der Waals surface area contributed by atoms with Gasteiger partial charge in [-0.2, -0.15) is 0 Å². The van der Waals surface area contributed by atoms with Crippen LogP contribution in [-0.2, 0) is 6.42 Å². The lowest BCUT2D eigenvalue weighted by molar-refractivity contribution is 0.0996. The van der Waals surface area contributed by atoms with E-state index in [1.54, 1.807) is 12.1 Å². The molecule has 0 aliphatic carbocycles. The zero-order valence-electron chi connectivity index (χ0n) is 9.83. The van der Waals surface area contributed by atoms with Gasteiger partial charge >= 0.3 is 0 Å². The van der Waals surface area contributed by atoms with Gasteiger partial charge in [0.05, 0.1) is 5.56 Å². The van der Waals surface area contributed by atoms with Gasteiger partial charge in [0.2, 0.25) is 0 Å². The molecule has 0 aliphatic heterocycles. The molecule has 0 bridgehead atoms. The molecule has 0 aliphatic rings. The van der Waals surface area contributed by atoms with E-state index in [1.807, 2.05) is 25.9 Å². The molecule has 3 nitrogen and oxygen atoms in total. The minimum atomic E-state index is -0.725. The van der Waals surface area contributed by atoms with E-state index in [9.17, 15) is 9.18 Å². The van der Waals surface area contributed by atoms with E-state index in [4.69, 9.17) is 5.73 Å². The van der Waals surface area contributed by atoms with Gasteiger partial charge in [0.25, 0.3) is 5.91 Å². The quantitative estimate of drug-likeness (QED) is 0.840. The van der Waals surface area contributed by atoms with E-state index in [2.05, 4.69) is 0 Å². The highest BCUT2D eigenvalue weighted by atomic mass is 19.1. The number of nitrogens with zero attached hydrogens (tertiary/aromatic N) is 1. The highest BCUT2D eigenvalue weighted by molar-refractivity contribution is 5.93. The van der Waals surface area contributed by atoms with Crippen molar-refractivity contribution in [1.82, 2.24) is 4.90 Å². The van der Waals surface area contributed by atoms with Crippen LogP contribution < -0.4 is 5.73 Å². The van der Waals surface area contributed by atoms with Crippen molar-refractivity contribution < 1.29 is 9.18 Å². The van der Waals surface area contributed by atoms with Crippen LogP contribution in [0, 0.1) is 5.82 Å². The zero-order chi connectivity index (χ0) is 12.3. The molecule has 1 rings (SSSR count). The average Bonchev–Trinajstić information content (AvgIpc) is 2.20. The van der Waals surface area contributed by atoms with Crippen LogP contribution in [0.1, 0.15) is 22.8 Å². The van der Waals surface area contributed by atoms with Gasteiger partial charge in [0.1, 0.15) is 5.82 Å². The van der Waals surface area contributed by atoms with Crippen LogP contribution in [0.5, 0.6) is 0 Å². The summed E-state index contributed by atoms with van der Waals surface area (Å²) in [6, 6.07) is 4.95. The van der Waals surface area contributed by atoms with Crippen LogP contribution in [0.2, 0.25) is 0 Å². The van der Waals surface area contributed by atoms with Crippen molar-refractivity contribution in [3.63, 3.8) is 0 Å². The third-order valence-electron chi connectivity index (χ3n) is 2.74. The lowest BCUT2D eigenvalue weighted by Crippen LogP contribution is -2.27. The number of primary amides is 1. The molecule has 1 aromatic rings. The number of nitrogens with two attached hydrogens (primary N) is 1. The minimum Gasteiger partial charge on any atom is -0.366 e. The van der Waals surface area contributed by atoms with Crippen LogP contribution in [0.15, 0.2) is 18.2 Å². The number of hydrogen-bond donors (Lipinski definition) is 1. The maximum Gasteiger partial charge on any atom is 0.251 e. The summed E-state index contributed by atoms with van der Waals surface area (Å²) in [7, 11) is 3.86. The van der Waals surface area contributed by atoms with Gasteiger partial charge in [-0.05, 0) is 39.1 Å². The highest BCUT2D eigenvalue weighted by Crippen LogP contribution is 2.15. The maximum absolute atomic E-state index is 13.8. The fraction of sp³-hybridized carbons (Fsp3) is 0.417. The summed E-state index contributed by atoms with van der Waals surface area (Å²) in [6.07, 6.45) is 0.556. The Hall–Kier alpha value is -1.42. The summed E-state index contributed by atoms with van der Waals surface area (Å²) in [5.41, 5.74) is 5.57. The lowest BCUT2D eigenvalue weighted by Gasteiger charge is -2.20. The predicted octanol–water partition coefficient (Wildman–Crippen LogP) is 1.42. The number of hydrogen-bond acceptors (Lipinski definition) is 2. The number of halogens is 1. The molecule has 0 spiro atoms. The second-order valence-electron chi connectivity index (χ2n) is 4.16. The summed E-state index contributed by atoms with van der Waals surface area (Å²) < 4.78 is 13.8. The average molecular weight is 224 g/mol. The van der Waals surface area contributed by atoms with Gasteiger partial charge in [-0.3, -0.25) is 4.79 Å². The fourth-order valence-electron chi connectivity index (χ4n) is 1.43. The molecule has 1 amide bonds. The first kappa shape index (κ1) is 12.6. The molecular formula is C12H17FN2O. The Kier molecular flexibility index (Phi) is 4.01. The van der Waals surface area contributed by atoms with E-state index < -0.39 is 11.7 Å². The van der Waals surface area contributed by atoms with Crippen LogP contribution in [-0.4, -0.2) is 30.9 Å². The van der Waals surface area contributed by atoms with E-state index in [1.165, 1.54) is 6.07 Å². The Morgan fingerprint density at radius 2 is 2.12 bits per heavy atom. The lowest BCUT2D eigenvalue weighted by atomic mass is 10.0. The molecule has 1 aromatic carbocycles. The number of rotatable bonds is 4. The molecule has 1 unspecified atom stereocenters. The fourth-order valence-corrected chi connectivity index (χ4v) is 1.43. The number of carbonyl (C=O) groups excluding carboxylic acids is 1. The standard InChI is InChI=1S/C12H17FN2O/c1-8(15(2)3)7-9-5-4-6-10(11(9)13)12(14)16/h4-6,8H,7H2,1-3H3,(H2,14,16). The smallest absolute Gasteiger partial charge is 0.251 e. The van der Waals surface area contributed by atoms with Crippen LogP contribution in [0.4, 0.5) is 4.39 Å². The molecule has 0 heterocycles. The Morgan fingerprint density at radius 1 is 1.50 bits per heavy atom. The van der Waals surface area contributed by atoms with Crippen molar-refractivity contribution in [3.05, 3.63) is 35.1 Å². The third kappa shape index (κ3) is 2.79. The second-order valence-corrected chi connectivity index (χ2v) is 4.16. The summed E-state index contributed by atoms with van der Waals surface area (Å²) in [6.45, 7) is 2.00. The minimum absolute atomic E-state index is 0.0385. The second kappa shape index (κ2) is 5.07. The van der Waals surface area contributed by atoms with Gasteiger partial charge in [-0.1, -0.05) is 12.1 Å². The summed E-state index contributed by atoms with van der Waals surface area (Å²) in [4.78, 5) is 13.0. The maximum atomic E-state index is 13.8. The molecular weight excluding hydrogens is 207 g/mol. The van der Waals surface area contributed by atoms with Gasteiger partial charge < -0.3 is 10.6 Å². The molecule has 0 saturated heterocycles. The van der Waals surface area contributed by atoms with E-state index in [-0.39, 0.29) is 11.6 Å². The molecule has 0 aromatic heterocycles. The van der Waals surface area contributed by atoms with Crippen molar-refractivity contribution in [3.8, 4) is 0 Å². The number of likely N-dealkylation sites (N-methyl/N-ethyl adjacent to an activating group) is 1. The zero-order valence-corrected chi connectivity index (χ0v) is 9.83. The summed E-state index contributed by atoms with van der Waals surface area (Å²) >= 11 is 0. The van der Waals surface area contributed by atoms with Crippen molar-refractivity contribution in [1.29, 1.82) is 0 Å². The largest absolute Gasteiger partial charge is 0.366 e. The molecule has 1 atom stereocenters. The first-order chi connectivity index (χ1) is 7.43. The van der Waals surface area contributed by atoms with Crippen molar-refractivity contribution >= 4 is 5.91 Å². The SMILES string of the molecule is CC(Cc1cccc(C(N)=O)c1F)N(C)C. The third-order valence-corrected chi connectivity index (χ3v) is 2.74.